The van der Waals surface area contributed by atoms with Crippen LogP contribution in [0, 0.1) is 19.8 Å². The van der Waals surface area contributed by atoms with Crippen LogP contribution in [0.5, 0.6) is 5.75 Å². The molecule has 1 aromatic rings. The number of aryl methyl sites for hydroxylation is 2. The van der Waals surface area contributed by atoms with Crippen LogP contribution < -0.4 is 10.1 Å². The molecule has 1 N–H and O–H groups in total. The number of sulfonamides is 1. The first kappa shape index (κ1) is 31.0. The highest BCUT2D eigenvalue weighted by Gasteiger charge is 2.26. The standard InChI is InChI=1S/C26H44N4O6S/c1-19-14-23(35-7)15-20(2)26(19)37(33,34)30(6)12-13-36-18-25(32)29(5)16-21-8-10-22(11-9-21)27-24(31)17-28(3)4/h14-15,21-22H,8-13,16-18H2,1-7H3,(H,27,31). The van der Waals surface area contributed by atoms with Crippen LogP contribution in [0.4, 0.5) is 0 Å². The summed E-state index contributed by atoms with van der Waals surface area (Å²) in [5, 5.41) is 3.09. The first-order chi connectivity index (χ1) is 17.3. The van der Waals surface area contributed by atoms with Gasteiger partial charge in [-0.25, -0.2) is 8.42 Å². The number of carbonyl (C=O) groups is 2. The fraction of sp³-hybridized carbons (Fsp3) is 0.692. The van der Waals surface area contributed by atoms with E-state index in [1.165, 1.54) is 11.4 Å². The number of likely N-dealkylation sites (N-methyl/N-ethyl adjacent to an activating group) is 3. The van der Waals surface area contributed by atoms with Gasteiger partial charge in [0.25, 0.3) is 0 Å². The normalized spacial score (nSPS) is 18.2. The van der Waals surface area contributed by atoms with Crippen molar-refractivity contribution in [1.82, 2.24) is 19.4 Å². The third-order valence-electron chi connectivity index (χ3n) is 6.74. The molecule has 210 valence electrons. The minimum absolute atomic E-state index is 0.0469. The number of methoxy groups -OCH3 is 1. The molecule has 37 heavy (non-hydrogen) atoms. The Morgan fingerprint density at radius 2 is 1.62 bits per heavy atom. The predicted octanol–water partition coefficient (Wildman–Crippen LogP) is 1.64. The van der Waals surface area contributed by atoms with E-state index in [-0.39, 0.29) is 42.5 Å². The maximum atomic E-state index is 13.1. The lowest BCUT2D eigenvalue weighted by atomic mass is 9.85. The van der Waals surface area contributed by atoms with Gasteiger partial charge in [-0.1, -0.05) is 0 Å². The molecule has 1 saturated carbocycles. The maximum absolute atomic E-state index is 13.1. The van der Waals surface area contributed by atoms with E-state index in [0.29, 0.717) is 35.9 Å². The molecule has 2 amide bonds. The molecule has 2 rings (SSSR count). The average Bonchev–Trinajstić information content (AvgIpc) is 2.81. The molecular formula is C26H44N4O6S. The predicted molar refractivity (Wildman–Crippen MR) is 143 cm³/mol. The van der Waals surface area contributed by atoms with Gasteiger partial charge in [0.05, 0.1) is 25.2 Å². The molecule has 0 unspecified atom stereocenters. The summed E-state index contributed by atoms with van der Waals surface area (Å²) in [6.45, 7) is 4.67. The van der Waals surface area contributed by atoms with Gasteiger partial charge in [-0.15, -0.1) is 0 Å². The van der Waals surface area contributed by atoms with Crippen molar-refractivity contribution < 1.29 is 27.5 Å². The fourth-order valence-corrected chi connectivity index (χ4v) is 6.27. The van der Waals surface area contributed by atoms with E-state index in [1.807, 2.05) is 19.0 Å². The topological polar surface area (TPSA) is 108 Å². The van der Waals surface area contributed by atoms with Crippen molar-refractivity contribution in [2.75, 3.05) is 68.1 Å². The Balaban J connectivity index is 1.73. The van der Waals surface area contributed by atoms with Gasteiger partial charge in [-0.2, -0.15) is 4.31 Å². The van der Waals surface area contributed by atoms with Crippen molar-refractivity contribution in [3.8, 4) is 5.75 Å². The van der Waals surface area contributed by atoms with Gasteiger partial charge in [0.1, 0.15) is 12.4 Å². The quantitative estimate of drug-likeness (QED) is 0.379. The van der Waals surface area contributed by atoms with E-state index in [4.69, 9.17) is 9.47 Å². The Hall–Kier alpha value is -2.21. The summed E-state index contributed by atoms with van der Waals surface area (Å²) in [5.74, 6) is 0.921. The Bertz CT molecular complexity index is 999. The van der Waals surface area contributed by atoms with Gasteiger partial charge in [0.15, 0.2) is 0 Å². The molecule has 11 heteroatoms. The summed E-state index contributed by atoms with van der Waals surface area (Å²) in [4.78, 5) is 28.3. The lowest BCUT2D eigenvalue weighted by Gasteiger charge is -2.32. The van der Waals surface area contributed by atoms with Crippen LogP contribution >= 0.6 is 0 Å². The molecule has 1 aliphatic carbocycles. The Morgan fingerprint density at radius 3 is 2.16 bits per heavy atom. The van der Waals surface area contributed by atoms with Crippen molar-refractivity contribution in [1.29, 1.82) is 0 Å². The van der Waals surface area contributed by atoms with Crippen LogP contribution in [0.15, 0.2) is 17.0 Å². The van der Waals surface area contributed by atoms with Crippen LogP contribution in [-0.2, 0) is 24.3 Å². The molecule has 0 saturated heterocycles. The van der Waals surface area contributed by atoms with Gasteiger partial charge in [-0.3, -0.25) is 9.59 Å². The molecule has 0 aromatic heterocycles. The van der Waals surface area contributed by atoms with Gasteiger partial charge in [-0.05, 0) is 82.8 Å². The van der Waals surface area contributed by atoms with Crippen LogP contribution in [0.1, 0.15) is 36.8 Å². The Labute approximate surface area is 222 Å². The monoisotopic (exact) mass is 540 g/mol. The number of ether oxygens (including phenoxy) is 2. The zero-order valence-electron chi connectivity index (χ0n) is 23.4. The summed E-state index contributed by atoms with van der Waals surface area (Å²) in [5.41, 5.74) is 1.23. The number of hydrogen-bond donors (Lipinski definition) is 1. The van der Waals surface area contributed by atoms with E-state index in [2.05, 4.69) is 5.32 Å². The smallest absolute Gasteiger partial charge is 0.248 e. The highest BCUT2D eigenvalue weighted by Crippen LogP contribution is 2.28. The molecule has 0 atom stereocenters. The third kappa shape index (κ3) is 9.24. The zero-order chi connectivity index (χ0) is 27.8. The largest absolute Gasteiger partial charge is 0.497 e. The van der Waals surface area contributed by atoms with E-state index in [1.54, 1.807) is 45.0 Å². The fourth-order valence-electron chi connectivity index (χ4n) is 4.71. The highest BCUT2D eigenvalue weighted by atomic mass is 32.2. The summed E-state index contributed by atoms with van der Waals surface area (Å²) in [7, 11) is 4.86. The lowest BCUT2D eigenvalue weighted by Crippen LogP contribution is -2.43. The second kappa shape index (κ2) is 14.1. The van der Waals surface area contributed by atoms with Crippen molar-refractivity contribution >= 4 is 21.8 Å². The third-order valence-corrected chi connectivity index (χ3v) is 8.91. The molecule has 0 bridgehead atoms. The average molecular weight is 541 g/mol. The van der Waals surface area contributed by atoms with Gasteiger partial charge < -0.3 is 24.6 Å². The molecule has 0 heterocycles. The Kier molecular flexibility index (Phi) is 11.8. The molecule has 1 fully saturated rings. The number of carbonyl (C=O) groups excluding carboxylic acids is 2. The maximum Gasteiger partial charge on any atom is 0.248 e. The zero-order valence-corrected chi connectivity index (χ0v) is 24.2. The molecule has 10 nitrogen and oxygen atoms in total. The summed E-state index contributed by atoms with van der Waals surface area (Å²) in [6, 6.07) is 3.60. The van der Waals surface area contributed by atoms with Gasteiger partial charge in [0, 0.05) is 33.2 Å². The number of rotatable bonds is 13. The minimum Gasteiger partial charge on any atom is -0.497 e. The van der Waals surface area contributed by atoms with Crippen molar-refractivity contribution in [3.63, 3.8) is 0 Å². The van der Waals surface area contributed by atoms with Gasteiger partial charge in [0.2, 0.25) is 21.8 Å². The summed E-state index contributed by atoms with van der Waals surface area (Å²) < 4.78 is 38.2. The van der Waals surface area contributed by atoms with Gasteiger partial charge >= 0.3 is 0 Å². The number of nitrogens with one attached hydrogen (secondary N) is 1. The molecule has 0 aliphatic heterocycles. The van der Waals surface area contributed by atoms with E-state index in [9.17, 15) is 18.0 Å². The molecule has 0 radical (unpaired) electrons. The van der Waals surface area contributed by atoms with Crippen LogP contribution in [0.2, 0.25) is 0 Å². The van der Waals surface area contributed by atoms with Crippen molar-refractivity contribution in [2.45, 2.75) is 50.5 Å². The number of benzene rings is 1. The number of hydrogen-bond acceptors (Lipinski definition) is 7. The SMILES string of the molecule is COc1cc(C)c(S(=O)(=O)N(C)CCOCC(=O)N(C)CC2CCC(NC(=O)CN(C)C)CC2)c(C)c1. The molecule has 0 spiro atoms. The molecule has 1 aliphatic rings. The Morgan fingerprint density at radius 1 is 1.03 bits per heavy atom. The second-order valence-electron chi connectivity index (χ2n) is 10.3. The van der Waals surface area contributed by atoms with Crippen LogP contribution in [-0.4, -0.2) is 109 Å². The van der Waals surface area contributed by atoms with Crippen molar-refractivity contribution in [3.05, 3.63) is 23.3 Å². The molecular weight excluding hydrogens is 496 g/mol. The van der Waals surface area contributed by atoms with Crippen molar-refractivity contribution in [2.24, 2.45) is 5.92 Å². The van der Waals surface area contributed by atoms with Crippen LogP contribution in [0.3, 0.4) is 0 Å². The minimum atomic E-state index is -3.71. The first-order valence-electron chi connectivity index (χ1n) is 12.7. The first-order valence-corrected chi connectivity index (χ1v) is 14.2. The van der Waals surface area contributed by atoms with E-state index >= 15 is 0 Å². The lowest BCUT2D eigenvalue weighted by molar-refractivity contribution is -0.135. The second-order valence-corrected chi connectivity index (χ2v) is 12.2. The highest BCUT2D eigenvalue weighted by molar-refractivity contribution is 7.89. The number of amides is 2. The summed E-state index contributed by atoms with van der Waals surface area (Å²) in [6.07, 6.45) is 3.74. The number of nitrogens with zero attached hydrogens (tertiary/aromatic N) is 3. The molecule has 1 aromatic carbocycles. The van der Waals surface area contributed by atoms with E-state index in [0.717, 1.165) is 25.7 Å². The summed E-state index contributed by atoms with van der Waals surface area (Å²) >= 11 is 0. The van der Waals surface area contributed by atoms with E-state index < -0.39 is 10.0 Å². The van der Waals surface area contributed by atoms with Crippen LogP contribution in [0.25, 0.3) is 0 Å².